The fraction of sp³-hybridized carbons (Fsp3) is 0.355. The highest BCUT2D eigenvalue weighted by atomic mass is 19.4. The molecular weight excluding hydrogens is 626 g/mol. The summed E-state index contributed by atoms with van der Waals surface area (Å²) in [5.74, 6) is -10.6. The quantitative estimate of drug-likeness (QED) is 0.300. The van der Waals surface area contributed by atoms with Gasteiger partial charge in [0.1, 0.15) is 24.0 Å². The van der Waals surface area contributed by atoms with Gasteiger partial charge in [-0.25, -0.2) is 22.0 Å². The lowest BCUT2D eigenvalue weighted by atomic mass is 9.72. The van der Waals surface area contributed by atoms with E-state index in [4.69, 9.17) is 5.73 Å². The number of allylic oxidation sites excluding steroid dienone is 3. The Balaban J connectivity index is 1.37. The van der Waals surface area contributed by atoms with Crippen LogP contribution in [0.25, 0.3) is 0 Å². The van der Waals surface area contributed by atoms with Crippen LogP contribution in [0.2, 0.25) is 0 Å². The van der Waals surface area contributed by atoms with Crippen LogP contribution in [0.3, 0.4) is 0 Å². The smallest absolute Gasteiger partial charge is 0.366 e. The minimum Gasteiger partial charge on any atom is -0.366 e. The van der Waals surface area contributed by atoms with E-state index in [0.29, 0.717) is 16.3 Å². The minimum absolute atomic E-state index is 0.0515. The maximum absolute atomic E-state index is 14.8. The molecule has 2 amide bonds. The molecule has 1 unspecified atom stereocenters. The molecule has 3 aliphatic rings. The number of rotatable bonds is 8. The number of halogens is 8. The zero-order valence-corrected chi connectivity index (χ0v) is 23.9. The number of hydrogen-bond donors (Lipinski definition) is 2. The number of nitrogens with two attached hydrogens (primary N) is 1. The first-order valence-electron chi connectivity index (χ1n) is 14.1. The maximum Gasteiger partial charge on any atom is 0.435 e. The summed E-state index contributed by atoms with van der Waals surface area (Å²) < 4.78 is 114. The number of carbonyl (C=O) groups is 2. The average Bonchev–Trinajstić information content (AvgIpc) is 3.61. The van der Waals surface area contributed by atoms with Gasteiger partial charge in [0.25, 0.3) is 5.92 Å². The number of benzene rings is 1. The van der Waals surface area contributed by atoms with E-state index in [2.05, 4.69) is 15.4 Å². The topological polar surface area (TPSA) is 103 Å². The number of primary amides is 1. The zero-order chi connectivity index (χ0) is 33.3. The van der Waals surface area contributed by atoms with Crippen LogP contribution in [-0.4, -0.2) is 26.6 Å². The molecule has 2 aromatic heterocycles. The van der Waals surface area contributed by atoms with Crippen LogP contribution < -0.4 is 11.1 Å². The fourth-order valence-corrected chi connectivity index (χ4v) is 6.58. The van der Waals surface area contributed by atoms with Crippen molar-refractivity contribution in [1.82, 2.24) is 20.1 Å². The molecule has 7 nitrogen and oxygen atoms in total. The highest BCUT2D eigenvalue weighted by molar-refractivity contribution is 5.93. The van der Waals surface area contributed by atoms with Gasteiger partial charge in [-0.3, -0.25) is 19.3 Å². The molecule has 6 rings (SSSR count). The molecule has 1 aromatic carbocycles. The minimum atomic E-state index is -5.19. The third-order valence-corrected chi connectivity index (χ3v) is 8.70. The van der Waals surface area contributed by atoms with E-state index >= 15 is 0 Å². The van der Waals surface area contributed by atoms with E-state index in [1.165, 1.54) is 18.3 Å². The van der Waals surface area contributed by atoms with Crippen molar-refractivity contribution in [3.05, 3.63) is 105 Å². The Morgan fingerprint density at radius 2 is 1.85 bits per heavy atom. The van der Waals surface area contributed by atoms with Crippen LogP contribution in [0.1, 0.15) is 65.5 Å². The number of amides is 2. The number of carbonyl (C=O) groups excluding carboxylic acids is 2. The predicted molar refractivity (Wildman–Crippen MR) is 146 cm³/mol. The molecule has 0 radical (unpaired) electrons. The Kier molecular flexibility index (Phi) is 7.35. The number of aromatic nitrogens is 3. The molecule has 46 heavy (non-hydrogen) atoms. The highest BCUT2D eigenvalue weighted by Gasteiger charge is 2.68. The summed E-state index contributed by atoms with van der Waals surface area (Å²) >= 11 is 0. The second-order valence-electron chi connectivity index (χ2n) is 12.0. The van der Waals surface area contributed by atoms with Crippen LogP contribution in [0.4, 0.5) is 35.1 Å². The van der Waals surface area contributed by atoms with Gasteiger partial charge in [-0.15, -0.1) is 0 Å². The summed E-state index contributed by atoms with van der Waals surface area (Å²) in [7, 11) is 0. The lowest BCUT2D eigenvalue weighted by Gasteiger charge is -2.33. The zero-order valence-electron chi connectivity index (χ0n) is 23.9. The molecule has 1 saturated carbocycles. The van der Waals surface area contributed by atoms with Gasteiger partial charge in [-0.1, -0.05) is 19.1 Å². The van der Waals surface area contributed by atoms with Crippen molar-refractivity contribution in [3.8, 4) is 0 Å². The Morgan fingerprint density at radius 3 is 2.50 bits per heavy atom. The molecule has 3 aliphatic carbocycles. The average molecular weight is 652 g/mol. The molecule has 0 aliphatic heterocycles. The molecule has 3 N–H and O–H groups in total. The van der Waals surface area contributed by atoms with Crippen LogP contribution in [0.5, 0.6) is 0 Å². The van der Waals surface area contributed by atoms with Gasteiger partial charge in [0.15, 0.2) is 5.69 Å². The lowest BCUT2D eigenvalue weighted by Crippen LogP contribution is -2.36. The number of hydrogen-bond acceptors (Lipinski definition) is 4. The van der Waals surface area contributed by atoms with E-state index in [1.54, 1.807) is 13.0 Å². The van der Waals surface area contributed by atoms with E-state index in [9.17, 15) is 44.7 Å². The number of nitrogens with zero attached hydrogens (tertiary/aromatic N) is 3. The third-order valence-electron chi connectivity index (χ3n) is 8.70. The summed E-state index contributed by atoms with van der Waals surface area (Å²) in [6.07, 6.45) is -1.83. The monoisotopic (exact) mass is 651 g/mol. The van der Waals surface area contributed by atoms with Gasteiger partial charge < -0.3 is 11.1 Å². The Bertz CT molecular complexity index is 1810. The van der Waals surface area contributed by atoms with Crippen LogP contribution in [0, 0.1) is 17.6 Å². The van der Waals surface area contributed by atoms with Crippen LogP contribution in [-0.2, 0) is 40.1 Å². The number of alkyl halides is 5. The van der Waals surface area contributed by atoms with Crippen molar-refractivity contribution in [1.29, 1.82) is 0 Å². The molecule has 15 heteroatoms. The summed E-state index contributed by atoms with van der Waals surface area (Å²) in [4.78, 5) is 29.8. The van der Waals surface area contributed by atoms with E-state index in [0.717, 1.165) is 18.2 Å². The molecule has 0 bridgehead atoms. The number of nitrogens with one attached hydrogen (secondary N) is 1. The molecular formula is C31H25F8N5O2. The number of fused-ring (bicyclic) bond motifs is 3. The van der Waals surface area contributed by atoms with Gasteiger partial charge >= 0.3 is 6.18 Å². The van der Waals surface area contributed by atoms with Crippen molar-refractivity contribution in [2.75, 3.05) is 0 Å². The second kappa shape index (κ2) is 10.8. The van der Waals surface area contributed by atoms with Crippen molar-refractivity contribution < 1.29 is 44.7 Å². The van der Waals surface area contributed by atoms with Crippen molar-refractivity contribution in [3.63, 3.8) is 0 Å². The van der Waals surface area contributed by atoms with Crippen LogP contribution >= 0.6 is 0 Å². The van der Waals surface area contributed by atoms with E-state index < -0.39 is 82.5 Å². The van der Waals surface area contributed by atoms with Crippen molar-refractivity contribution in [2.45, 2.75) is 62.2 Å². The Labute approximate surface area is 256 Å². The summed E-state index contributed by atoms with van der Waals surface area (Å²) in [5.41, 5.74) is 1.22. The summed E-state index contributed by atoms with van der Waals surface area (Å²) in [6.45, 7) is 0.781. The molecule has 242 valence electrons. The van der Waals surface area contributed by atoms with Crippen molar-refractivity contribution in [2.24, 2.45) is 11.7 Å². The normalized spacial score (nSPS) is 23.6. The van der Waals surface area contributed by atoms with E-state index in [-0.39, 0.29) is 41.8 Å². The molecule has 2 heterocycles. The summed E-state index contributed by atoms with van der Waals surface area (Å²) in [5, 5.41) is 6.00. The largest absolute Gasteiger partial charge is 0.435 e. The van der Waals surface area contributed by atoms with Crippen LogP contribution in [0.15, 0.2) is 60.1 Å². The molecule has 0 spiro atoms. The second-order valence-corrected chi connectivity index (χ2v) is 12.0. The molecule has 4 atom stereocenters. The first-order valence-corrected chi connectivity index (χ1v) is 14.1. The van der Waals surface area contributed by atoms with Gasteiger partial charge in [-0.05, 0) is 54.7 Å². The highest BCUT2D eigenvalue weighted by Crippen LogP contribution is 2.68. The molecule has 0 saturated heterocycles. The Morgan fingerprint density at radius 1 is 1.15 bits per heavy atom. The van der Waals surface area contributed by atoms with Gasteiger partial charge in [0.2, 0.25) is 11.8 Å². The third kappa shape index (κ3) is 5.45. The SMILES string of the molecule is C[C@@]1(c2cccnc2[C@H](Cc2cc(F)cc(F)c2)NC(=O)Cn2nc(C(F)(F)F)c3c2C2C[C@@H]2C3(F)F)C=CC(F)=C(C(N)=O)C1. The predicted octanol–water partition coefficient (Wildman–Crippen LogP) is 5.81. The first-order chi connectivity index (χ1) is 21.5. The number of pyridine rings is 1. The molecule has 3 aromatic rings. The maximum atomic E-state index is 14.8. The first kappa shape index (κ1) is 31.4. The lowest BCUT2D eigenvalue weighted by molar-refractivity contribution is -0.146. The Hall–Kier alpha value is -4.56. The molecule has 1 fully saturated rings. The van der Waals surface area contributed by atoms with Gasteiger partial charge in [0.05, 0.1) is 28.6 Å². The van der Waals surface area contributed by atoms with E-state index in [1.807, 2.05) is 0 Å². The van der Waals surface area contributed by atoms with Gasteiger partial charge in [0, 0.05) is 29.5 Å². The standard InChI is InChI=1S/C31H25F8N5O2/c1-29(5-4-21(34)18(12-29)28(40)46)19-3-2-6-41-25(19)22(9-14-7-15(32)10-16(33)8-14)42-23(45)13-44-26-17-11-20(17)30(35,36)24(26)27(43-44)31(37,38)39/h2-8,10,17,20,22H,9,11-13H2,1H3,(H2,40,46)(H,42,45)/t17?,20-,22-,29+/m0/s1. The van der Waals surface area contributed by atoms with Crippen molar-refractivity contribution >= 4 is 11.8 Å². The summed E-state index contributed by atoms with van der Waals surface area (Å²) in [6, 6.07) is 4.61. The fourth-order valence-electron chi connectivity index (χ4n) is 6.58. The van der Waals surface area contributed by atoms with Gasteiger partial charge in [-0.2, -0.15) is 18.3 Å².